The summed E-state index contributed by atoms with van der Waals surface area (Å²) in [6.45, 7) is 0. The number of ether oxygens (including phenoxy) is 1. The van der Waals surface area contributed by atoms with Crippen molar-refractivity contribution in [1.82, 2.24) is 0 Å². The van der Waals surface area contributed by atoms with E-state index in [0.29, 0.717) is 16.4 Å². The van der Waals surface area contributed by atoms with E-state index in [-0.39, 0.29) is 11.3 Å². The molecule has 0 aliphatic rings. The number of halogens is 1. The molecule has 2 aromatic rings. The topological polar surface area (TPSA) is 81.5 Å². The van der Waals surface area contributed by atoms with Gasteiger partial charge in [-0.05, 0) is 30.3 Å². The molecule has 0 amide bonds. The average molecular weight is 307 g/mol. The largest absolute Gasteiger partial charge is 0.465 e. The van der Waals surface area contributed by atoms with Crippen molar-refractivity contribution >= 4 is 34.6 Å². The number of carbonyl (C=O) groups is 1. The van der Waals surface area contributed by atoms with Crippen molar-refractivity contribution in [3.05, 3.63) is 63.2 Å². The Kier molecular flexibility index (Phi) is 4.39. The maximum absolute atomic E-state index is 11.7. The lowest BCUT2D eigenvalue weighted by Crippen LogP contribution is -2.06. The zero-order valence-electron chi connectivity index (χ0n) is 11.0. The summed E-state index contributed by atoms with van der Waals surface area (Å²) < 4.78 is 4.65. The van der Waals surface area contributed by atoms with Crippen molar-refractivity contribution < 1.29 is 14.5 Å². The van der Waals surface area contributed by atoms with Crippen LogP contribution in [-0.4, -0.2) is 18.0 Å². The fourth-order valence-corrected chi connectivity index (χ4v) is 1.85. The van der Waals surface area contributed by atoms with Crippen molar-refractivity contribution in [2.45, 2.75) is 0 Å². The van der Waals surface area contributed by atoms with Gasteiger partial charge >= 0.3 is 5.97 Å². The lowest BCUT2D eigenvalue weighted by atomic mass is 10.1. The lowest BCUT2D eigenvalue weighted by Gasteiger charge is -2.10. The first-order chi connectivity index (χ1) is 10.0. The third kappa shape index (κ3) is 3.49. The van der Waals surface area contributed by atoms with Crippen LogP contribution >= 0.6 is 11.6 Å². The van der Waals surface area contributed by atoms with Crippen molar-refractivity contribution in [2.24, 2.45) is 0 Å². The van der Waals surface area contributed by atoms with E-state index in [4.69, 9.17) is 11.6 Å². The smallest absolute Gasteiger partial charge is 0.340 e. The first-order valence-electron chi connectivity index (χ1n) is 5.90. The summed E-state index contributed by atoms with van der Waals surface area (Å²) in [6.07, 6.45) is 0. The molecule has 1 N–H and O–H groups in total. The number of hydrogen-bond donors (Lipinski definition) is 1. The van der Waals surface area contributed by atoms with Crippen LogP contribution in [-0.2, 0) is 4.74 Å². The van der Waals surface area contributed by atoms with E-state index >= 15 is 0 Å². The van der Waals surface area contributed by atoms with Crippen LogP contribution in [0.1, 0.15) is 10.4 Å². The van der Waals surface area contributed by atoms with Crippen LogP contribution in [0, 0.1) is 10.1 Å². The van der Waals surface area contributed by atoms with E-state index in [0.717, 1.165) is 0 Å². The number of non-ortho nitro benzene ring substituents is 1. The number of nitro benzene ring substituents is 1. The highest BCUT2D eigenvalue weighted by atomic mass is 35.5. The molecule has 0 spiro atoms. The van der Waals surface area contributed by atoms with Crippen LogP contribution in [0.3, 0.4) is 0 Å². The van der Waals surface area contributed by atoms with E-state index in [9.17, 15) is 14.9 Å². The molecule has 0 aliphatic heterocycles. The minimum absolute atomic E-state index is 0.0849. The van der Waals surface area contributed by atoms with E-state index in [1.54, 1.807) is 24.3 Å². The lowest BCUT2D eigenvalue weighted by molar-refractivity contribution is -0.384. The van der Waals surface area contributed by atoms with Gasteiger partial charge in [-0.15, -0.1) is 0 Å². The summed E-state index contributed by atoms with van der Waals surface area (Å²) in [5.74, 6) is -0.657. The third-order valence-corrected chi connectivity index (χ3v) is 2.99. The van der Waals surface area contributed by atoms with Crippen LogP contribution in [0.2, 0.25) is 5.02 Å². The molecule has 0 bridgehead atoms. The second-order valence-corrected chi connectivity index (χ2v) is 4.55. The fourth-order valence-electron chi connectivity index (χ4n) is 1.72. The molecule has 0 saturated heterocycles. The van der Waals surface area contributed by atoms with Gasteiger partial charge in [-0.2, -0.15) is 0 Å². The number of rotatable bonds is 4. The third-order valence-electron chi connectivity index (χ3n) is 2.74. The summed E-state index contributed by atoms with van der Waals surface area (Å²) in [4.78, 5) is 22.0. The van der Waals surface area contributed by atoms with E-state index in [1.807, 2.05) is 0 Å². The summed E-state index contributed by atoms with van der Waals surface area (Å²) >= 11 is 5.80. The SMILES string of the molecule is COC(=O)c1cc([N+](=O)[O-])ccc1Nc1ccc(Cl)cc1. The van der Waals surface area contributed by atoms with Crippen LogP contribution in [0.4, 0.5) is 17.1 Å². The average Bonchev–Trinajstić information content (AvgIpc) is 2.49. The Labute approximate surface area is 125 Å². The number of carbonyl (C=O) groups excluding carboxylic acids is 1. The monoisotopic (exact) mass is 306 g/mol. The number of nitrogens with zero attached hydrogens (tertiary/aromatic N) is 1. The summed E-state index contributed by atoms with van der Waals surface area (Å²) in [5, 5.41) is 14.4. The Balaban J connectivity index is 2.40. The number of hydrogen-bond acceptors (Lipinski definition) is 5. The van der Waals surface area contributed by atoms with Gasteiger partial charge < -0.3 is 10.1 Å². The fraction of sp³-hybridized carbons (Fsp3) is 0.0714. The van der Waals surface area contributed by atoms with Gasteiger partial charge in [0.1, 0.15) is 0 Å². The zero-order valence-corrected chi connectivity index (χ0v) is 11.8. The Bertz CT molecular complexity index is 686. The maximum Gasteiger partial charge on any atom is 0.340 e. The molecule has 2 aromatic carbocycles. The summed E-state index contributed by atoms with van der Waals surface area (Å²) in [5.41, 5.74) is 1.01. The van der Waals surface area contributed by atoms with Gasteiger partial charge in [0.15, 0.2) is 0 Å². The Hall–Kier alpha value is -2.60. The van der Waals surface area contributed by atoms with Gasteiger partial charge in [-0.25, -0.2) is 4.79 Å². The highest BCUT2D eigenvalue weighted by Gasteiger charge is 2.17. The summed E-state index contributed by atoms with van der Waals surface area (Å²) in [7, 11) is 1.22. The number of methoxy groups -OCH3 is 1. The summed E-state index contributed by atoms with van der Waals surface area (Å²) in [6, 6.07) is 10.8. The second kappa shape index (κ2) is 6.23. The molecule has 0 unspecified atom stereocenters. The molecular weight excluding hydrogens is 296 g/mol. The Morgan fingerprint density at radius 3 is 2.48 bits per heavy atom. The van der Waals surface area contributed by atoms with Gasteiger partial charge in [0.25, 0.3) is 5.69 Å². The molecule has 0 fully saturated rings. The molecule has 0 heterocycles. The first-order valence-corrected chi connectivity index (χ1v) is 6.28. The van der Waals surface area contributed by atoms with Gasteiger partial charge in [0, 0.05) is 22.8 Å². The Morgan fingerprint density at radius 2 is 1.90 bits per heavy atom. The number of nitro groups is 1. The second-order valence-electron chi connectivity index (χ2n) is 4.11. The van der Waals surface area contributed by atoms with Crippen LogP contribution < -0.4 is 5.32 Å². The molecule has 2 rings (SSSR count). The van der Waals surface area contributed by atoms with Crippen LogP contribution in [0.25, 0.3) is 0 Å². The van der Waals surface area contributed by atoms with E-state index < -0.39 is 10.9 Å². The van der Waals surface area contributed by atoms with E-state index in [1.165, 1.54) is 25.3 Å². The van der Waals surface area contributed by atoms with Gasteiger partial charge in [0.05, 0.1) is 23.3 Å². The van der Waals surface area contributed by atoms with E-state index in [2.05, 4.69) is 10.1 Å². The molecule has 0 atom stereocenters. The molecule has 7 heteroatoms. The molecule has 6 nitrogen and oxygen atoms in total. The number of esters is 1. The molecular formula is C14H11ClN2O4. The normalized spacial score (nSPS) is 10.0. The molecule has 21 heavy (non-hydrogen) atoms. The molecule has 108 valence electrons. The molecule has 0 aliphatic carbocycles. The standard InChI is InChI=1S/C14H11ClN2O4/c1-21-14(18)12-8-11(17(19)20)6-7-13(12)16-10-4-2-9(15)3-5-10/h2-8,16H,1H3. The quantitative estimate of drug-likeness (QED) is 0.528. The number of benzene rings is 2. The van der Waals surface area contributed by atoms with Gasteiger partial charge in [0.2, 0.25) is 0 Å². The number of nitrogens with one attached hydrogen (secondary N) is 1. The maximum atomic E-state index is 11.7. The first kappa shape index (κ1) is 14.8. The van der Waals surface area contributed by atoms with Crippen molar-refractivity contribution in [3.8, 4) is 0 Å². The minimum Gasteiger partial charge on any atom is -0.465 e. The van der Waals surface area contributed by atoms with Gasteiger partial charge in [-0.1, -0.05) is 11.6 Å². The zero-order chi connectivity index (χ0) is 15.4. The predicted octanol–water partition coefficient (Wildman–Crippen LogP) is 3.78. The minimum atomic E-state index is -0.657. The van der Waals surface area contributed by atoms with Crippen LogP contribution in [0.5, 0.6) is 0 Å². The van der Waals surface area contributed by atoms with Gasteiger partial charge in [-0.3, -0.25) is 10.1 Å². The number of anilines is 2. The van der Waals surface area contributed by atoms with Crippen molar-refractivity contribution in [1.29, 1.82) is 0 Å². The molecule has 0 saturated carbocycles. The highest BCUT2D eigenvalue weighted by Crippen LogP contribution is 2.26. The predicted molar refractivity (Wildman–Crippen MR) is 79.2 cm³/mol. The van der Waals surface area contributed by atoms with Crippen LogP contribution in [0.15, 0.2) is 42.5 Å². The molecule has 0 radical (unpaired) electrons. The van der Waals surface area contributed by atoms with Crippen molar-refractivity contribution in [2.75, 3.05) is 12.4 Å². The Morgan fingerprint density at radius 1 is 1.24 bits per heavy atom. The molecule has 0 aromatic heterocycles. The highest BCUT2D eigenvalue weighted by molar-refractivity contribution is 6.30. The van der Waals surface area contributed by atoms with Crippen molar-refractivity contribution in [3.63, 3.8) is 0 Å².